The van der Waals surface area contributed by atoms with Crippen LogP contribution in [0.1, 0.15) is 0 Å². The predicted molar refractivity (Wildman–Crippen MR) is 87.0 cm³/mol. The summed E-state index contributed by atoms with van der Waals surface area (Å²) in [6.45, 7) is -0.240. The molecule has 2 aromatic carbocycles. The summed E-state index contributed by atoms with van der Waals surface area (Å²) >= 11 is 0. The van der Waals surface area contributed by atoms with Gasteiger partial charge in [0.05, 0.1) is 23.4 Å². The largest absolute Gasteiger partial charge is 0.480 e. The molecule has 4 rings (SSSR count). The summed E-state index contributed by atoms with van der Waals surface area (Å²) in [5.74, 6) is -1.33. The Morgan fingerprint density at radius 2 is 2.00 bits per heavy atom. The molecular weight excluding hydrogens is 311 g/mol. The van der Waals surface area contributed by atoms with Crippen LogP contribution >= 0.6 is 0 Å². The number of carboxylic acid groups (broad SMARTS) is 1. The second-order valence-electron chi connectivity index (χ2n) is 5.59. The van der Waals surface area contributed by atoms with Crippen molar-refractivity contribution in [2.24, 2.45) is 7.05 Å². The van der Waals surface area contributed by atoms with Crippen LogP contribution in [0.5, 0.6) is 0 Å². The summed E-state index contributed by atoms with van der Waals surface area (Å²) < 4.78 is 17.7. The van der Waals surface area contributed by atoms with Crippen LogP contribution in [0.4, 0.5) is 4.39 Å². The number of nitrogens with zero attached hydrogens (tertiary/aromatic N) is 4. The summed E-state index contributed by atoms with van der Waals surface area (Å²) in [4.78, 5) is 10.9. The number of aryl methyl sites for hydroxylation is 1. The molecule has 2 heterocycles. The normalized spacial score (nSPS) is 11.4. The lowest BCUT2D eigenvalue weighted by Crippen LogP contribution is -2.09. The maximum Gasteiger partial charge on any atom is 0.325 e. The van der Waals surface area contributed by atoms with E-state index in [0.717, 1.165) is 10.9 Å². The van der Waals surface area contributed by atoms with Crippen molar-refractivity contribution < 1.29 is 14.3 Å². The number of halogens is 1. The van der Waals surface area contributed by atoms with Gasteiger partial charge in [-0.05, 0) is 23.8 Å². The fourth-order valence-corrected chi connectivity index (χ4v) is 2.97. The molecule has 0 fully saturated rings. The first-order valence-electron chi connectivity index (χ1n) is 7.32. The molecule has 0 bridgehead atoms. The van der Waals surface area contributed by atoms with Crippen LogP contribution < -0.4 is 0 Å². The van der Waals surface area contributed by atoms with E-state index in [4.69, 9.17) is 5.11 Å². The molecule has 0 aliphatic rings. The molecule has 0 radical (unpaired) electrons. The van der Waals surface area contributed by atoms with E-state index in [9.17, 15) is 9.18 Å². The van der Waals surface area contributed by atoms with E-state index in [-0.39, 0.29) is 12.4 Å². The lowest BCUT2D eigenvalue weighted by molar-refractivity contribution is -0.137. The van der Waals surface area contributed by atoms with Gasteiger partial charge in [0.25, 0.3) is 0 Å². The second kappa shape index (κ2) is 5.16. The number of benzene rings is 2. The number of hydrogen-bond donors (Lipinski definition) is 1. The van der Waals surface area contributed by atoms with Gasteiger partial charge < -0.3 is 5.11 Å². The molecule has 0 atom stereocenters. The quantitative estimate of drug-likeness (QED) is 0.629. The predicted octanol–water partition coefficient (Wildman–Crippen LogP) is 2.81. The van der Waals surface area contributed by atoms with Crippen molar-refractivity contribution in [1.82, 2.24) is 19.6 Å². The molecule has 0 unspecified atom stereocenters. The third-order valence-corrected chi connectivity index (χ3v) is 4.10. The van der Waals surface area contributed by atoms with E-state index in [1.807, 2.05) is 0 Å². The topological polar surface area (TPSA) is 72.9 Å². The smallest absolute Gasteiger partial charge is 0.325 e. The second-order valence-corrected chi connectivity index (χ2v) is 5.59. The maximum atomic E-state index is 14.6. The Kier molecular flexibility index (Phi) is 3.09. The Balaban J connectivity index is 1.96. The lowest BCUT2D eigenvalue weighted by atomic mass is 10.0. The minimum atomic E-state index is -0.979. The average molecular weight is 324 g/mol. The SMILES string of the molecule is Cn1ncc2cc(F)c(-c3cccc4c3cnn4CC(=O)O)cc21. The lowest BCUT2D eigenvalue weighted by Gasteiger charge is -2.07. The molecule has 1 N–H and O–H groups in total. The summed E-state index contributed by atoms with van der Waals surface area (Å²) in [6, 6.07) is 8.55. The van der Waals surface area contributed by atoms with E-state index in [2.05, 4.69) is 10.2 Å². The van der Waals surface area contributed by atoms with Crippen LogP contribution in [0, 0.1) is 5.82 Å². The Morgan fingerprint density at radius 3 is 2.79 bits per heavy atom. The molecule has 0 spiro atoms. The van der Waals surface area contributed by atoms with Crippen LogP contribution in [-0.4, -0.2) is 30.6 Å². The van der Waals surface area contributed by atoms with Crippen molar-refractivity contribution >= 4 is 27.8 Å². The first-order chi connectivity index (χ1) is 11.5. The average Bonchev–Trinajstić information content (AvgIpc) is 3.10. The molecule has 0 aliphatic heterocycles. The standard InChI is InChI=1S/C17H13FN4O2/c1-21-16-6-12(14(18)5-10(16)7-19-21)11-3-2-4-15-13(11)8-20-22(15)9-17(23)24/h2-8H,9H2,1H3,(H,23,24). The molecule has 0 saturated carbocycles. The number of aromatic nitrogens is 4. The van der Waals surface area contributed by atoms with Crippen molar-refractivity contribution in [3.05, 3.63) is 48.5 Å². The first-order valence-corrected chi connectivity index (χ1v) is 7.32. The van der Waals surface area contributed by atoms with Gasteiger partial charge in [-0.1, -0.05) is 12.1 Å². The van der Waals surface area contributed by atoms with E-state index in [1.165, 1.54) is 10.7 Å². The summed E-state index contributed by atoms with van der Waals surface area (Å²) in [6.07, 6.45) is 3.19. The van der Waals surface area contributed by atoms with Crippen molar-refractivity contribution in [1.29, 1.82) is 0 Å². The van der Waals surface area contributed by atoms with E-state index < -0.39 is 5.97 Å². The summed E-state index contributed by atoms with van der Waals surface area (Å²) in [5.41, 5.74) is 2.58. The van der Waals surface area contributed by atoms with Gasteiger partial charge >= 0.3 is 5.97 Å². The third kappa shape index (κ3) is 2.13. The zero-order chi connectivity index (χ0) is 16.8. The van der Waals surface area contributed by atoms with Gasteiger partial charge in [0, 0.05) is 23.4 Å². The van der Waals surface area contributed by atoms with Crippen LogP contribution in [0.3, 0.4) is 0 Å². The van der Waals surface area contributed by atoms with Crippen molar-refractivity contribution in [3.8, 4) is 11.1 Å². The van der Waals surface area contributed by atoms with Crippen LogP contribution in [0.2, 0.25) is 0 Å². The van der Waals surface area contributed by atoms with Crippen LogP contribution in [0.15, 0.2) is 42.7 Å². The van der Waals surface area contributed by atoms with Gasteiger partial charge in [-0.3, -0.25) is 14.2 Å². The molecule has 120 valence electrons. The van der Waals surface area contributed by atoms with Crippen molar-refractivity contribution in [3.63, 3.8) is 0 Å². The number of hydrogen-bond acceptors (Lipinski definition) is 3. The van der Waals surface area contributed by atoms with Crippen LogP contribution in [-0.2, 0) is 18.4 Å². The van der Waals surface area contributed by atoms with E-state index in [1.54, 1.807) is 48.4 Å². The van der Waals surface area contributed by atoms with Gasteiger partial charge in [-0.2, -0.15) is 10.2 Å². The third-order valence-electron chi connectivity index (χ3n) is 4.10. The number of rotatable bonds is 3. The maximum absolute atomic E-state index is 14.6. The van der Waals surface area contributed by atoms with E-state index in [0.29, 0.717) is 22.0 Å². The Morgan fingerprint density at radius 1 is 1.17 bits per heavy atom. The molecule has 7 heteroatoms. The highest BCUT2D eigenvalue weighted by molar-refractivity contribution is 5.97. The molecule has 6 nitrogen and oxygen atoms in total. The zero-order valence-electron chi connectivity index (χ0n) is 12.8. The van der Waals surface area contributed by atoms with Crippen molar-refractivity contribution in [2.45, 2.75) is 6.54 Å². The minimum Gasteiger partial charge on any atom is -0.480 e. The van der Waals surface area contributed by atoms with Crippen molar-refractivity contribution in [2.75, 3.05) is 0 Å². The highest BCUT2D eigenvalue weighted by Gasteiger charge is 2.15. The zero-order valence-corrected chi connectivity index (χ0v) is 12.8. The molecule has 0 aliphatic carbocycles. The number of fused-ring (bicyclic) bond motifs is 2. The monoisotopic (exact) mass is 324 g/mol. The summed E-state index contributed by atoms with van der Waals surface area (Å²) in [7, 11) is 1.80. The Hall–Kier alpha value is -3.22. The first kappa shape index (κ1) is 14.4. The van der Waals surface area contributed by atoms with Crippen LogP contribution in [0.25, 0.3) is 32.9 Å². The highest BCUT2D eigenvalue weighted by Crippen LogP contribution is 2.32. The highest BCUT2D eigenvalue weighted by atomic mass is 19.1. The van der Waals surface area contributed by atoms with Gasteiger partial charge in [0.1, 0.15) is 12.4 Å². The molecule has 2 aromatic heterocycles. The molecular formula is C17H13FN4O2. The van der Waals surface area contributed by atoms with Gasteiger partial charge in [0.2, 0.25) is 0 Å². The molecule has 4 aromatic rings. The fourth-order valence-electron chi connectivity index (χ4n) is 2.97. The number of aliphatic carboxylic acids is 1. The Labute approximate surface area is 135 Å². The molecule has 24 heavy (non-hydrogen) atoms. The molecule has 0 amide bonds. The summed E-state index contributed by atoms with van der Waals surface area (Å²) in [5, 5.41) is 18.7. The van der Waals surface area contributed by atoms with E-state index >= 15 is 0 Å². The number of carboxylic acids is 1. The van der Waals surface area contributed by atoms with Gasteiger partial charge in [0.15, 0.2) is 0 Å². The van der Waals surface area contributed by atoms with Gasteiger partial charge in [-0.15, -0.1) is 0 Å². The van der Waals surface area contributed by atoms with Gasteiger partial charge in [-0.25, -0.2) is 4.39 Å². The molecule has 0 saturated heterocycles. The Bertz CT molecular complexity index is 1100. The fraction of sp³-hybridized carbons (Fsp3) is 0.118. The minimum absolute atomic E-state index is 0.240. The number of carbonyl (C=O) groups is 1.